The lowest BCUT2D eigenvalue weighted by Crippen LogP contribution is -2.51. The van der Waals surface area contributed by atoms with Crippen LogP contribution in [0.1, 0.15) is 25.3 Å². The SMILES string of the molecule is CCNC(=NCc1cccc([N+](=O)[O-])c1)NC1CCCN(c2ccccc2OC)C1.I. The molecule has 8 nitrogen and oxygen atoms in total. The van der Waals surface area contributed by atoms with E-state index in [9.17, 15) is 10.1 Å². The first kappa shape index (κ1) is 24.7. The van der Waals surface area contributed by atoms with Crippen LogP contribution in [0.15, 0.2) is 53.5 Å². The molecule has 168 valence electrons. The summed E-state index contributed by atoms with van der Waals surface area (Å²) in [7, 11) is 1.70. The molecule has 2 N–H and O–H groups in total. The van der Waals surface area contributed by atoms with Crippen LogP contribution in [-0.2, 0) is 6.54 Å². The van der Waals surface area contributed by atoms with Gasteiger partial charge in [0.15, 0.2) is 5.96 Å². The molecule has 1 unspecified atom stereocenters. The van der Waals surface area contributed by atoms with Crippen molar-refractivity contribution < 1.29 is 9.66 Å². The van der Waals surface area contributed by atoms with Gasteiger partial charge in [0.2, 0.25) is 0 Å². The maximum Gasteiger partial charge on any atom is 0.269 e. The molecule has 1 aliphatic heterocycles. The second-order valence-electron chi connectivity index (χ2n) is 7.22. The second-order valence-corrected chi connectivity index (χ2v) is 7.22. The molecular formula is C22H30IN5O3. The number of benzene rings is 2. The Morgan fingerprint density at radius 1 is 1.29 bits per heavy atom. The first-order chi connectivity index (χ1) is 14.6. The molecule has 9 heteroatoms. The van der Waals surface area contributed by atoms with Crippen molar-refractivity contribution >= 4 is 41.3 Å². The molecule has 0 radical (unpaired) electrons. The van der Waals surface area contributed by atoms with Crippen molar-refractivity contribution in [1.29, 1.82) is 0 Å². The molecule has 1 fully saturated rings. The molecule has 31 heavy (non-hydrogen) atoms. The van der Waals surface area contributed by atoms with Crippen LogP contribution >= 0.6 is 24.0 Å². The molecule has 0 saturated carbocycles. The molecule has 2 aromatic carbocycles. The van der Waals surface area contributed by atoms with Crippen LogP contribution in [0.2, 0.25) is 0 Å². The number of non-ortho nitro benzene ring substituents is 1. The van der Waals surface area contributed by atoms with Gasteiger partial charge in [-0.3, -0.25) is 10.1 Å². The number of rotatable bonds is 7. The Labute approximate surface area is 200 Å². The van der Waals surface area contributed by atoms with E-state index in [4.69, 9.17) is 4.74 Å². The van der Waals surface area contributed by atoms with Crippen molar-refractivity contribution in [2.75, 3.05) is 31.6 Å². The van der Waals surface area contributed by atoms with Gasteiger partial charge in [-0.25, -0.2) is 4.99 Å². The topological polar surface area (TPSA) is 92.0 Å². The summed E-state index contributed by atoms with van der Waals surface area (Å²) in [5.74, 6) is 1.60. The lowest BCUT2D eigenvalue weighted by Gasteiger charge is -2.36. The van der Waals surface area contributed by atoms with Crippen LogP contribution in [0.3, 0.4) is 0 Å². The standard InChI is InChI=1S/C22H29N5O3.HI/c1-3-23-22(24-15-17-8-6-10-19(14-17)27(28)29)25-18-9-7-13-26(16-18)20-11-4-5-12-21(20)30-2;/h4-6,8,10-12,14,18H,3,7,9,13,15-16H2,1-2H3,(H2,23,24,25);1H. The van der Waals surface area contributed by atoms with Crippen LogP contribution in [-0.4, -0.2) is 43.7 Å². The summed E-state index contributed by atoms with van der Waals surface area (Å²) < 4.78 is 5.52. The number of nitrogens with zero attached hydrogens (tertiary/aromatic N) is 3. The third-order valence-electron chi connectivity index (χ3n) is 5.07. The largest absolute Gasteiger partial charge is 0.495 e. The minimum Gasteiger partial charge on any atom is -0.495 e. The van der Waals surface area contributed by atoms with Gasteiger partial charge < -0.3 is 20.3 Å². The summed E-state index contributed by atoms with van der Waals surface area (Å²) in [4.78, 5) is 17.6. The summed E-state index contributed by atoms with van der Waals surface area (Å²) in [6.07, 6.45) is 2.12. The van der Waals surface area contributed by atoms with E-state index in [-0.39, 0.29) is 40.6 Å². The van der Waals surface area contributed by atoms with Crippen molar-refractivity contribution in [1.82, 2.24) is 10.6 Å². The number of guanidine groups is 1. The Hall–Kier alpha value is -2.56. The van der Waals surface area contributed by atoms with E-state index in [2.05, 4.69) is 26.6 Å². The molecule has 0 bridgehead atoms. The summed E-state index contributed by atoms with van der Waals surface area (Å²) >= 11 is 0. The van der Waals surface area contributed by atoms with Crippen molar-refractivity contribution in [2.24, 2.45) is 4.99 Å². The predicted molar refractivity (Wildman–Crippen MR) is 135 cm³/mol. The smallest absolute Gasteiger partial charge is 0.269 e. The lowest BCUT2D eigenvalue weighted by atomic mass is 10.0. The van der Waals surface area contributed by atoms with Gasteiger partial charge in [-0.15, -0.1) is 24.0 Å². The Morgan fingerprint density at radius 3 is 2.84 bits per heavy atom. The molecule has 0 aliphatic carbocycles. The molecule has 0 spiro atoms. The number of nitro benzene ring substituents is 1. The third-order valence-corrected chi connectivity index (χ3v) is 5.07. The van der Waals surface area contributed by atoms with Gasteiger partial charge in [-0.1, -0.05) is 24.3 Å². The number of piperidine rings is 1. The number of anilines is 1. The average molecular weight is 539 g/mol. The van der Waals surface area contributed by atoms with Crippen molar-refractivity contribution in [2.45, 2.75) is 32.4 Å². The summed E-state index contributed by atoms with van der Waals surface area (Å²) in [6, 6.07) is 14.9. The Kier molecular flexibility index (Phi) is 9.83. The average Bonchev–Trinajstić information content (AvgIpc) is 2.78. The van der Waals surface area contributed by atoms with Crippen LogP contribution in [0.5, 0.6) is 5.75 Å². The van der Waals surface area contributed by atoms with E-state index < -0.39 is 0 Å². The quantitative estimate of drug-likeness (QED) is 0.182. The molecular weight excluding hydrogens is 509 g/mol. The molecule has 2 aromatic rings. The maximum absolute atomic E-state index is 11.0. The molecule has 1 saturated heterocycles. The number of ether oxygens (including phenoxy) is 1. The zero-order chi connectivity index (χ0) is 21.3. The van der Waals surface area contributed by atoms with E-state index in [0.29, 0.717) is 6.54 Å². The number of nitrogens with one attached hydrogen (secondary N) is 2. The van der Waals surface area contributed by atoms with Crippen LogP contribution in [0.4, 0.5) is 11.4 Å². The predicted octanol–water partition coefficient (Wildman–Crippen LogP) is 3.95. The van der Waals surface area contributed by atoms with Crippen LogP contribution in [0, 0.1) is 10.1 Å². The number of aliphatic imine (C=N–C) groups is 1. The highest BCUT2D eigenvalue weighted by Crippen LogP contribution is 2.29. The first-order valence-corrected chi connectivity index (χ1v) is 10.3. The van der Waals surface area contributed by atoms with E-state index in [1.54, 1.807) is 19.2 Å². The number of hydrogen-bond donors (Lipinski definition) is 2. The van der Waals surface area contributed by atoms with E-state index in [1.807, 2.05) is 31.2 Å². The molecule has 0 aromatic heterocycles. The van der Waals surface area contributed by atoms with Gasteiger partial charge in [-0.05, 0) is 37.5 Å². The van der Waals surface area contributed by atoms with Crippen molar-refractivity contribution in [3.63, 3.8) is 0 Å². The second kappa shape index (κ2) is 12.3. The summed E-state index contributed by atoms with van der Waals surface area (Å²) in [6.45, 7) is 4.97. The van der Waals surface area contributed by atoms with Crippen LogP contribution in [0.25, 0.3) is 0 Å². The van der Waals surface area contributed by atoms with Gasteiger partial charge in [0.1, 0.15) is 5.75 Å². The number of nitro groups is 1. The highest BCUT2D eigenvalue weighted by molar-refractivity contribution is 14.0. The number of para-hydroxylation sites is 2. The van der Waals surface area contributed by atoms with Crippen LogP contribution < -0.4 is 20.3 Å². The number of hydrogen-bond acceptors (Lipinski definition) is 5. The van der Waals surface area contributed by atoms with Gasteiger partial charge in [0.25, 0.3) is 5.69 Å². The fraction of sp³-hybridized carbons (Fsp3) is 0.409. The Balaban J connectivity index is 0.00000341. The van der Waals surface area contributed by atoms with Crippen molar-refractivity contribution in [3.05, 3.63) is 64.2 Å². The monoisotopic (exact) mass is 539 g/mol. The summed E-state index contributed by atoms with van der Waals surface area (Å²) in [5, 5.41) is 17.8. The van der Waals surface area contributed by atoms with E-state index >= 15 is 0 Å². The van der Waals surface area contributed by atoms with Gasteiger partial charge in [0, 0.05) is 37.8 Å². The molecule has 1 atom stereocenters. The fourth-order valence-electron chi connectivity index (χ4n) is 3.66. The first-order valence-electron chi connectivity index (χ1n) is 10.3. The van der Waals surface area contributed by atoms with E-state index in [0.717, 1.165) is 55.4 Å². The Morgan fingerprint density at radius 2 is 2.10 bits per heavy atom. The van der Waals surface area contributed by atoms with Crippen molar-refractivity contribution in [3.8, 4) is 5.75 Å². The normalized spacial score (nSPS) is 16.3. The summed E-state index contributed by atoms with van der Waals surface area (Å²) in [5.41, 5.74) is 1.99. The van der Waals surface area contributed by atoms with E-state index in [1.165, 1.54) is 6.07 Å². The minimum absolute atomic E-state index is 0. The maximum atomic E-state index is 11.0. The number of methoxy groups -OCH3 is 1. The molecule has 1 aliphatic rings. The highest BCUT2D eigenvalue weighted by Gasteiger charge is 2.22. The lowest BCUT2D eigenvalue weighted by molar-refractivity contribution is -0.384. The zero-order valence-corrected chi connectivity index (χ0v) is 20.2. The Bertz CT molecular complexity index is 893. The minimum atomic E-state index is -0.384. The third kappa shape index (κ3) is 6.98. The van der Waals surface area contributed by atoms with Gasteiger partial charge in [0.05, 0.1) is 24.3 Å². The fourth-order valence-corrected chi connectivity index (χ4v) is 3.66. The molecule has 3 rings (SSSR count). The molecule has 1 heterocycles. The van der Waals surface area contributed by atoms with Gasteiger partial charge >= 0.3 is 0 Å². The zero-order valence-electron chi connectivity index (χ0n) is 17.9. The highest BCUT2D eigenvalue weighted by atomic mass is 127. The molecule has 0 amide bonds. The number of halogens is 1. The van der Waals surface area contributed by atoms with Gasteiger partial charge in [-0.2, -0.15) is 0 Å².